The molecule has 0 aliphatic rings. The molecule has 0 radical (unpaired) electrons. The number of tetrazole rings is 1. The average Bonchev–Trinajstić information content (AvgIpc) is 3.71. The van der Waals surface area contributed by atoms with Crippen LogP contribution in [0.4, 0.5) is 9.59 Å². The smallest absolute Gasteiger partial charge is 0.446 e. The van der Waals surface area contributed by atoms with Crippen molar-refractivity contribution >= 4 is 41.6 Å². The van der Waals surface area contributed by atoms with E-state index in [1.807, 2.05) is 55.5 Å². The number of halogens is 1. The molecule has 0 bridgehead atoms. The van der Waals surface area contributed by atoms with Gasteiger partial charge in [0, 0.05) is 37.0 Å². The summed E-state index contributed by atoms with van der Waals surface area (Å²) in [5.74, 6) is 0.914. The number of unbranched alkanes of at least 4 members (excludes halogenated alkanes) is 1. The number of ether oxygens (including phenoxy) is 4. The van der Waals surface area contributed by atoms with Crippen LogP contribution in [-0.2, 0) is 36.8 Å². The zero-order valence-corrected chi connectivity index (χ0v) is 29.7. The Labute approximate surface area is 302 Å². The van der Waals surface area contributed by atoms with Crippen molar-refractivity contribution in [3.8, 4) is 22.5 Å². The third kappa shape index (κ3) is 11.5. The zero-order chi connectivity index (χ0) is 36.8. The summed E-state index contributed by atoms with van der Waals surface area (Å²) in [6.07, 6.45) is -0.679. The van der Waals surface area contributed by atoms with E-state index < -0.39 is 24.5 Å². The van der Waals surface area contributed by atoms with Crippen molar-refractivity contribution in [3.63, 3.8) is 0 Å². The van der Waals surface area contributed by atoms with Crippen molar-refractivity contribution in [2.45, 2.75) is 52.9 Å². The van der Waals surface area contributed by atoms with Crippen LogP contribution in [0.2, 0.25) is 5.15 Å². The van der Waals surface area contributed by atoms with Gasteiger partial charge in [-0.2, -0.15) is 11.8 Å². The molecule has 0 spiro atoms. The highest BCUT2D eigenvalue weighted by molar-refractivity contribution is 7.99. The normalized spacial score (nSPS) is 11.7. The first kappa shape index (κ1) is 39.2. The van der Waals surface area contributed by atoms with Gasteiger partial charge in [-0.1, -0.05) is 78.3 Å². The van der Waals surface area contributed by atoms with Crippen LogP contribution in [0, 0.1) is 0 Å². The van der Waals surface area contributed by atoms with E-state index in [1.165, 1.54) is 18.7 Å². The van der Waals surface area contributed by atoms with Gasteiger partial charge in [-0.05, 0) is 35.2 Å². The highest BCUT2D eigenvalue weighted by Gasteiger charge is 2.26. The van der Waals surface area contributed by atoms with Crippen LogP contribution >= 0.6 is 23.4 Å². The molecule has 1 unspecified atom stereocenters. The van der Waals surface area contributed by atoms with E-state index >= 15 is 0 Å². The van der Waals surface area contributed by atoms with Gasteiger partial charge in [0.2, 0.25) is 12.1 Å². The fraction of sp³-hybridized carbons (Fsp3) is 0.406. The van der Waals surface area contributed by atoms with Crippen LogP contribution in [0.25, 0.3) is 22.5 Å². The first-order valence-electron chi connectivity index (χ1n) is 15.9. The summed E-state index contributed by atoms with van der Waals surface area (Å²) in [4.78, 5) is 47.1. The van der Waals surface area contributed by atoms with Crippen LogP contribution in [0.5, 0.6) is 0 Å². The molecule has 4 rings (SSSR count). The maximum Gasteiger partial charge on any atom is 0.511 e. The number of imidazole rings is 1. The fourth-order valence-corrected chi connectivity index (χ4v) is 5.58. The van der Waals surface area contributed by atoms with Crippen molar-refractivity contribution in [2.24, 2.45) is 0 Å². The fourth-order valence-electron chi connectivity index (χ4n) is 4.70. The Bertz CT molecular complexity index is 1750. The Balaban J connectivity index is 1.46. The van der Waals surface area contributed by atoms with E-state index in [-0.39, 0.29) is 48.4 Å². The second kappa shape index (κ2) is 19.7. The second-order valence-corrected chi connectivity index (χ2v) is 12.2. The lowest BCUT2D eigenvalue weighted by atomic mass is 9.98. The van der Waals surface area contributed by atoms with Crippen molar-refractivity contribution in [3.05, 3.63) is 70.8 Å². The maximum absolute atomic E-state index is 13.2. The van der Waals surface area contributed by atoms with Gasteiger partial charge in [-0.3, -0.25) is 10.4 Å². The van der Waals surface area contributed by atoms with E-state index in [0.717, 1.165) is 34.3 Å². The molecule has 2 N–H and O–H groups in total. The number of rotatable bonds is 18. The molecule has 274 valence electrons. The van der Waals surface area contributed by atoms with E-state index in [9.17, 15) is 14.4 Å². The van der Waals surface area contributed by atoms with Crippen molar-refractivity contribution in [1.82, 2.24) is 35.1 Å². The van der Waals surface area contributed by atoms with Crippen LogP contribution in [0.15, 0.2) is 48.5 Å². The summed E-state index contributed by atoms with van der Waals surface area (Å²) in [5.41, 5.74) is 3.13. The minimum Gasteiger partial charge on any atom is -0.446 e. The lowest BCUT2D eigenvalue weighted by Gasteiger charge is -2.16. The van der Waals surface area contributed by atoms with Gasteiger partial charge in [0.25, 0.3) is 0 Å². The number of esters is 1. The molecule has 2 aromatic carbocycles. The molecule has 4 aromatic rings. The highest BCUT2D eigenvalue weighted by atomic mass is 35.5. The summed E-state index contributed by atoms with van der Waals surface area (Å²) >= 11 is 7.84. The van der Waals surface area contributed by atoms with Gasteiger partial charge in [0.15, 0.2) is 10.8 Å². The molecule has 0 saturated heterocycles. The number of aryl methyl sites for hydroxylation is 1. The number of benzene rings is 2. The predicted octanol–water partition coefficient (Wildman–Crippen LogP) is 5.65. The Hall–Kier alpha value is -4.59. The Morgan fingerprint density at radius 2 is 1.71 bits per heavy atom. The number of aromatic nitrogens is 6. The maximum atomic E-state index is 13.2. The van der Waals surface area contributed by atoms with Crippen molar-refractivity contribution in [2.75, 3.05) is 31.3 Å². The summed E-state index contributed by atoms with van der Waals surface area (Å²) in [5, 5.41) is 28.8. The molecule has 51 heavy (non-hydrogen) atoms. The summed E-state index contributed by atoms with van der Waals surface area (Å²) < 4.78 is 22.0. The molecule has 0 fully saturated rings. The Morgan fingerprint density at radius 3 is 2.41 bits per heavy atom. The van der Waals surface area contributed by atoms with E-state index in [1.54, 1.807) is 11.5 Å². The highest BCUT2D eigenvalue weighted by Crippen LogP contribution is 2.30. The van der Waals surface area contributed by atoms with Gasteiger partial charge in [-0.25, -0.2) is 24.2 Å². The molecule has 0 amide bonds. The number of hydrogen-bond donors (Lipinski definition) is 2. The number of carbonyl (C=O) groups is 3. The number of thioether (sulfide) groups is 1. The SMILES string of the molecule is CCCCc1nc(Cl)c(C(=O)OC(C)OC(=O)OCC)n1Cc1ccc(-c2ccccc2-c2nnn(C(=O)OCCSCCON(O)O)n2)cc1. The minimum absolute atomic E-state index is 0.0207. The molecule has 2 aromatic heterocycles. The molecular weight excluding hydrogens is 710 g/mol. The minimum atomic E-state index is -1.22. The summed E-state index contributed by atoms with van der Waals surface area (Å²) in [6.45, 7) is 5.57. The second-order valence-electron chi connectivity index (χ2n) is 10.6. The van der Waals surface area contributed by atoms with Gasteiger partial charge >= 0.3 is 18.2 Å². The topological polar surface area (TPSA) is 202 Å². The zero-order valence-electron chi connectivity index (χ0n) is 28.1. The van der Waals surface area contributed by atoms with Crippen LogP contribution < -0.4 is 0 Å². The van der Waals surface area contributed by atoms with Gasteiger partial charge in [0.05, 0.1) is 18.6 Å². The van der Waals surface area contributed by atoms with Gasteiger partial charge in [0.1, 0.15) is 12.4 Å². The molecule has 0 aliphatic carbocycles. The standard InChI is InChI=1S/C32H38ClN7O10S/c1-4-6-11-26-34-28(33)27(30(41)49-21(3)50-32(43)46-5-2)38(26)20-22-12-14-23(15-13-22)24-9-7-8-10-25(24)29-35-37-39(36-29)31(42)47-16-18-51-19-17-48-40(44)45/h7-10,12-15,21,44-45H,4-6,11,16-20H2,1-3H3. The molecule has 0 aliphatic heterocycles. The first-order valence-corrected chi connectivity index (χ1v) is 17.5. The Kier molecular flexibility index (Phi) is 15.1. The summed E-state index contributed by atoms with van der Waals surface area (Å²) in [7, 11) is 0. The van der Waals surface area contributed by atoms with E-state index in [2.05, 4.69) is 25.2 Å². The molecular formula is C32H38ClN7O10S. The third-order valence-electron chi connectivity index (χ3n) is 6.99. The average molecular weight is 748 g/mol. The van der Waals surface area contributed by atoms with Gasteiger partial charge in [-0.15, -0.1) is 10.2 Å². The largest absolute Gasteiger partial charge is 0.511 e. The molecule has 19 heteroatoms. The Morgan fingerprint density at radius 1 is 0.980 bits per heavy atom. The monoisotopic (exact) mass is 747 g/mol. The van der Waals surface area contributed by atoms with Crippen molar-refractivity contribution in [1.29, 1.82) is 0 Å². The molecule has 1 atom stereocenters. The van der Waals surface area contributed by atoms with Crippen molar-refractivity contribution < 1.29 is 48.6 Å². The quantitative estimate of drug-likeness (QED) is 0.0415. The molecule has 0 saturated carbocycles. The molecule has 2 heterocycles. The predicted molar refractivity (Wildman–Crippen MR) is 182 cm³/mol. The third-order valence-corrected chi connectivity index (χ3v) is 8.16. The number of hydrogen-bond acceptors (Lipinski definition) is 16. The first-order chi connectivity index (χ1) is 24.6. The lowest BCUT2D eigenvalue weighted by molar-refractivity contribution is -0.490. The van der Waals surface area contributed by atoms with E-state index in [0.29, 0.717) is 29.3 Å². The van der Waals surface area contributed by atoms with E-state index in [4.69, 9.17) is 41.0 Å². The number of carbonyl (C=O) groups excluding carboxylic acids is 3. The number of nitrogens with zero attached hydrogens (tertiary/aromatic N) is 7. The summed E-state index contributed by atoms with van der Waals surface area (Å²) in [6, 6.07) is 15.0. The van der Waals surface area contributed by atoms with Crippen LogP contribution in [0.3, 0.4) is 0 Å². The lowest BCUT2D eigenvalue weighted by Crippen LogP contribution is -2.24. The molecule has 17 nitrogen and oxygen atoms in total. The van der Waals surface area contributed by atoms with Crippen LogP contribution in [0.1, 0.15) is 55.5 Å². The van der Waals surface area contributed by atoms with Gasteiger partial charge < -0.3 is 23.5 Å². The van der Waals surface area contributed by atoms with Crippen LogP contribution in [-0.4, -0.2) is 101 Å².